The van der Waals surface area contributed by atoms with Crippen molar-refractivity contribution in [2.45, 2.75) is 32.2 Å². The number of hydrogen-bond acceptors (Lipinski definition) is 7. The molecule has 2 saturated heterocycles. The molecule has 4 heterocycles. The number of carbonyl (C=O) groups excluding carboxylic acids is 2. The third kappa shape index (κ3) is 5.62. The molecule has 2 fully saturated rings. The van der Waals surface area contributed by atoms with Crippen LogP contribution in [-0.4, -0.2) is 70.4 Å². The molecule has 4 aromatic rings. The van der Waals surface area contributed by atoms with Crippen molar-refractivity contribution < 1.29 is 23.1 Å². The third-order valence-corrected chi connectivity index (χ3v) is 8.25. The van der Waals surface area contributed by atoms with Crippen molar-refractivity contribution in [3.63, 3.8) is 0 Å². The fourth-order valence-corrected chi connectivity index (χ4v) is 5.82. The number of hydrogen-bond donors (Lipinski definition) is 3. The number of anilines is 2. The fraction of sp³-hybridized carbons (Fsp3) is 0.355. The van der Waals surface area contributed by atoms with Gasteiger partial charge in [-0.2, -0.15) is 4.39 Å². The Morgan fingerprint density at radius 1 is 1.07 bits per heavy atom. The maximum absolute atomic E-state index is 14.8. The number of likely N-dealkylation sites (tertiary alicyclic amines) is 1. The molecule has 0 unspecified atom stereocenters. The number of fused-ring (bicyclic) bond motifs is 1. The number of piperidine rings is 1. The molecule has 0 radical (unpaired) electrons. The summed E-state index contributed by atoms with van der Waals surface area (Å²) in [7, 11) is 1.28. The van der Waals surface area contributed by atoms with Crippen LogP contribution in [0.25, 0.3) is 16.9 Å². The normalized spacial score (nSPS) is 17.3. The van der Waals surface area contributed by atoms with Gasteiger partial charge in [0.15, 0.2) is 23.0 Å². The van der Waals surface area contributed by atoms with Crippen LogP contribution in [0.4, 0.5) is 20.3 Å². The summed E-state index contributed by atoms with van der Waals surface area (Å²) in [6, 6.07) is 8.44. The average molecular weight is 590 g/mol. The highest BCUT2D eigenvalue weighted by Crippen LogP contribution is 2.32. The van der Waals surface area contributed by atoms with Crippen LogP contribution in [0.1, 0.15) is 35.2 Å². The second kappa shape index (κ2) is 12.0. The number of nitrogens with zero attached hydrogens (tertiary/aromatic N) is 4. The van der Waals surface area contributed by atoms with E-state index in [2.05, 4.69) is 25.9 Å². The molecule has 12 heteroatoms. The number of ether oxygens (including phenoxy) is 1. The summed E-state index contributed by atoms with van der Waals surface area (Å²) in [5, 5.41) is 9.62. The summed E-state index contributed by atoms with van der Waals surface area (Å²) in [5.74, 6) is -1.92. The summed E-state index contributed by atoms with van der Waals surface area (Å²) < 4.78 is 35.7. The number of rotatable bonds is 7. The van der Waals surface area contributed by atoms with Gasteiger partial charge < -0.3 is 25.6 Å². The van der Waals surface area contributed by atoms with Crippen LogP contribution < -0.4 is 20.7 Å². The van der Waals surface area contributed by atoms with E-state index in [1.807, 2.05) is 17.9 Å². The molecule has 2 aliphatic rings. The summed E-state index contributed by atoms with van der Waals surface area (Å²) >= 11 is 0. The molecular weight excluding hydrogens is 556 g/mol. The Kier molecular flexibility index (Phi) is 7.94. The van der Waals surface area contributed by atoms with E-state index in [1.165, 1.54) is 31.6 Å². The molecule has 2 amide bonds. The predicted molar refractivity (Wildman–Crippen MR) is 157 cm³/mol. The maximum Gasteiger partial charge on any atom is 0.254 e. The first kappa shape index (κ1) is 28.5. The molecular formula is C31H33F2N7O3. The standard InChI is InChI=1S/C31H33F2N7O3/c1-18-15-20(3-4-22(18)31(42)39-12-8-19(9-13-39)30(41)38-21-7-10-34-16-21)37-28-29-36-17-24(40(29)14-11-35-28)23-5-6-25(43-2)27(33)26(23)32/h3-6,11,14-15,17,19,21,34H,7-10,12-13,16H2,1-2H3,(H,35,37)(H,38,41)/t21-/m1/s1. The Balaban J connectivity index is 1.14. The number of imidazole rings is 1. The second-order valence-corrected chi connectivity index (χ2v) is 11.0. The van der Waals surface area contributed by atoms with Gasteiger partial charge in [0.05, 0.1) is 19.0 Å². The van der Waals surface area contributed by atoms with Gasteiger partial charge in [-0.3, -0.25) is 14.0 Å². The van der Waals surface area contributed by atoms with E-state index in [4.69, 9.17) is 4.74 Å². The molecule has 2 aromatic heterocycles. The lowest BCUT2D eigenvalue weighted by Crippen LogP contribution is -2.45. The average Bonchev–Trinajstić information content (AvgIpc) is 3.69. The molecule has 0 bridgehead atoms. The Labute approximate surface area is 247 Å². The van der Waals surface area contributed by atoms with Crippen molar-refractivity contribution in [1.29, 1.82) is 0 Å². The van der Waals surface area contributed by atoms with Gasteiger partial charge in [-0.1, -0.05) is 0 Å². The van der Waals surface area contributed by atoms with Crippen LogP contribution in [0.3, 0.4) is 0 Å². The minimum atomic E-state index is -1.07. The SMILES string of the molecule is COc1ccc(-c2cnc3c(Nc4ccc(C(=O)N5CCC(C(=O)N[C@@H]6CCNC6)CC5)c(C)c4)nccn23)c(F)c1F. The summed E-state index contributed by atoms with van der Waals surface area (Å²) in [6.07, 6.45) is 6.86. The zero-order valence-electron chi connectivity index (χ0n) is 24.0. The highest BCUT2D eigenvalue weighted by molar-refractivity contribution is 5.96. The second-order valence-electron chi connectivity index (χ2n) is 11.0. The number of benzene rings is 2. The number of carbonyl (C=O) groups is 2. The number of methoxy groups -OCH3 is 1. The van der Waals surface area contributed by atoms with Crippen molar-refractivity contribution in [3.05, 3.63) is 71.7 Å². The van der Waals surface area contributed by atoms with Gasteiger partial charge in [0.1, 0.15) is 0 Å². The Morgan fingerprint density at radius 2 is 1.88 bits per heavy atom. The van der Waals surface area contributed by atoms with Gasteiger partial charge in [-0.15, -0.1) is 0 Å². The summed E-state index contributed by atoms with van der Waals surface area (Å²) in [4.78, 5) is 36.6. The van der Waals surface area contributed by atoms with Gasteiger partial charge in [0, 0.05) is 60.8 Å². The van der Waals surface area contributed by atoms with E-state index in [-0.39, 0.29) is 35.1 Å². The van der Waals surface area contributed by atoms with E-state index in [1.54, 1.807) is 22.7 Å². The quantitative estimate of drug-likeness (QED) is 0.298. The monoisotopic (exact) mass is 589 g/mol. The summed E-state index contributed by atoms with van der Waals surface area (Å²) in [5.41, 5.74) is 2.89. The first-order valence-corrected chi connectivity index (χ1v) is 14.4. The van der Waals surface area contributed by atoms with Crippen molar-refractivity contribution in [2.75, 3.05) is 38.6 Å². The van der Waals surface area contributed by atoms with Crippen LogP contribution >= 0.6 is 0 Å². The zero-order valence-corrected chi connectivity index (χ0v) is 24.0. The minimum Gasteiger partial charge on any atom is -0.494 e. The van der Waals surface area contributed by atoms with Crippen LogP contribution in [0.2, 0.25) is 0 Å². The zero-order chi connectivity index (χ0) is 30.1. The van der Waals surface area contributed by atoms with E-state index in [0.29, 0.717) is 54.3 Å². The lowest BCUT2D eigenvalue weighted by atomic mass is 9.94. The number of aryl methyl sites for hydroxylation is 1. The van der Waals surface area contributed by atoms with Crippen molar-refractivity contribution in [2.24, 2.45) is 5.92 Å². The third-order valence-electron chi connectivity index (χ3n) is 8.25. The molecule has 2 aliphatic heterocycles. The Morgan fingerprint density at radius 3 is 2.60 bits per heavy atom. The smallest absolute Gasteiger partial charge is 0.254 e. The van der Waals surface area contributed by atoms with Crippen molar-refractivity contribution in [1.82, 2.24) is 29.9 Å². The van der Waals surface area contributed by atoms with E-state index in [0.717, 1.165) is 25.1 Å². The highest BCUT2D eigenvalue weighted by Gasteiger charge is 2.30. The van der Waals surface area contributed by atoms with Crippen LogP contribution in [-0.2, 0) is 4.79 Å². The van der Waals surface area contributed by atoms with Crippen LogP contribution in [0, 0.1) is 24.5 Å². The molecule has 0 spiro atoms. The number of amides is 2. The Hall–Kier alpha value is -4.58. The molecule has 43 heavy (non-hydrogen) atoms. The van der Waals surface area contributed by atoms with E-state index in [9.17, 15) is 18.4 Å². The fourth-order valence-electron chi connectivity index (χ4n) is 5.82. The lowest BCUT2D eigenvalue weighted by molar-refractivity contribution is -0.126. The molecule has 2 aromatic carbocycles. The summed E-state index contributed by atoms with van der Waals surface area (Å²) in [6.45, 7) is 4.68. The van der Waals surface area contributed by atoms with E-state index < -0.39 is 11.6 Å². The molecule has 224 valence electrons. The van der Waals surface area contributed by atoms with Crippen LogP contribution in [0.5, 0.6) is 5.75 Å². The number of aromatic nitrogens is 3. The van der Waals surface area contributed by atoms with E-state index >= 15 is 0 Å². The first-order chi connectivity index (χ1) is 20.8. The molecule has 3 N–H and O–H groups in total. The largest absolute Gasteiger partial charge is 0.494 e. The van der Waals surface area contributed by atoms with Crippen molar-refractivity contribution in [3.8, 4) is 17.0 Å². The van der Waals surface area contributed by atoms with Gasteiger partial charge in [0.25, 0.3) is 5.91 Å². The van der Waals surface area contributed by atoms with Gasteiger partial charge >= 0.3 is 0 Å². The molecule has 6 rings (SSSR count). The molecule has 0 saturated carbocycles. The minimum absolute atomic E-state index is 0.0393. The first-order valence-electron chi connectivity index (χ1n) is 14.4. The molecule has 10 nitrogen and oxygen atoms in total. The Bertz CT molecular complexity index is 1680. The number of halogens is 2. The van der Waals surface area contributed by atoms with Crippen molar-refractivity contribution >= 4 is 29.0 Å². The number of nitrogens with one attached hydrogen (secondary N) is 3. The highest BCUT2D eigenvalue weighted by atomic mass is 19.2. The topological polar surface area (TPSA) is 113 Å². The van der Waals surface area contributed by atoms with Crippen LogP contribution in [0.15, 0.2) is 48.9 Å². The lowest BCUT2D eigenvalue weighted by Gasteiger charge is -2.32. The van der Waals surface area contributed by atoms with Gasteiger partial charge in [-0.25, -0.2) is 14.4 Å². The predicted octanol–water partition coefficient (Wildman–Crippen LogP) is 4.07. The van der Waals surface area contributed by atoms with Gasteiger partial charge in [0.2, 0.25) is 11.7 Å². The molecule has 1 atom stereocenters. The van der Waals surface area contributed by atoms with Gasteiger partial charge in [-0.05, 0) is 68.6 Å². The molecule has 0 aliphatic carbocycles. The maximum atomic E-state index is 14.8.